The van der Waals surface area contributed by atoms with E-state index in [0.717, 1.165) is 0 Å². The average Bonchev–Trinajstić information content (AvgIpc) is 3.62. The van der Waals surface area contributed by atoms with Gasteiger partial charge in [0.25, 0.3) is 0 Å². The summed E-state index contributed by atoms with van der Waals surface area (Å²) in [5, 5.41) is 0. The Morgan fingerprint density at radius 1 is 0.304 bits per heavy atom. The minimum atomic E-state index is 0.107. The van der Waals surface area contributed by atoms with E-state index in [1.165, 1.54) is 199 Å². The first kappa shape index (κ1) is 42.5. The minimum Gasteiger partial charge on any atom is -0.0654 e. The van der Waals surface area contributed by atoms with Crippen molar-refractivity contribution in [3.63, 3.8) is 0 Å². The topological polar surface area (TPSA) is 0 Å². The van der Waals surface area contributed by atoms with Gasteiger partial charge in [0.2, 0.25) is 0 Å². The fourth-order valence-electron chi connectivity index (χ4n) is 11.0. The molecule has 302 valence electrons. The zero-order valence-electron chi connectivity index (χ0n) is 36.9. The van der Waals surface area contributed by atoms with Crippen LogP contribution in [0.25, 0.3) is 33.4 Å². The van der Waals surface area contributed by atoms with Gasteiger partial charge in [-0.3, -0.25) is 0 Å². The predicted molar refractivity (Wildman–Crippen MR) is 247 cm³/mol. The molecule has 0 aromatic heterocycles. The number of hydrogen-bond donors (Lipinski definition) is 0. The van der Waals surface area contributed by atoms with E-state index < -0.39 is 0 Å². The van der Waals surface area contributed by atoms with Gasteiger partial charge in [0, 0.05) is 10.8 Å². The van der Waals surface area contributed by atoms with Gasteiger partial charge >= 0.3 is 0 Å². The fraction of sp³-hybridized carbons (Fsp3) is 0.571. The molecule has 4 aromatic rings. The second-order valence-electron chi connectivity index (χ2n) is 18.4. The summed E-state index contributed by atoms with van der Waals surface area (Å²) in [6.07, 6.45) is 31.9. The maximum Gasteiger partial charge on any atom is 0.0215 e. The molecule has 0 heterocycles. The first-order valence-corrected chi connectivity index (χ1v) is 23.9. The number of unbranched alkanes of at least 4 members (excludes halogenated alkanes) is 16. The van der Waals surface area contributed by atoms with E-state index in [9.17, 15) is 0 Å². The third-order valence-corrected chi connectivity index (χ3v) is 14.2. The monoisotopic (exact) mass is 751 g/mol. The first-order valence-electron chi connectivity index (χ1n) is 23.9. The molecule has 2 aliphatic rings. The van der Waals surface area contributed by atoms with Gasteiger partial charge in [0.1, 0.15) is 0 Å². The van der Waals surface area contributed by atoms with Crippen molar-refractivity contribution in [2.45, 2.75) is 206 Å². The van der Waals surface area contributed by atoms with Crippen molar-refractivity contribution in [1.29, 1.82) is 0 Å². The normalized spacial score (nSPS) is 14.5. The quantitative estimate of drug-likeness (QED) is 0.0592. The van der Waals surface area contributed by atoms with Crippen LogP contribution < -0.4 is 0 Å². The highest BCUT2D eigenvalue weighted by molar-refractivity contribution is 5.87. The molecule has 0 bridgehead atoms. The molecule has 56 heavy (non-hydrogen) atoms. The number of benzene rings is 4. The lowest BCUT2D eigenvalue weighted by Crippen LogP contribution is -2.26. The Bertz CT molecular complexity index is 1670. The molecule has 4 aromatic carbocycles. The summed E-state index contributed by atoms with van der Waals surface area (Å²) in [6.45, 7) is 14.0. The van der Waals surface area contributed by atoms with E-state index in [0.29, 0.717) is 0 Å². The average molecular weight is 751 g/mol. The highest BCUT2D eigenvalue weighted by Crippen LogP contribution is 2.57. The maximum absolute atomic E-state index is 2.69. The van der Waals surface area contributed by atoms with Crippen LogP contribution in [0.4, 0.5) is 0 Å². The van der Waals surface area contributed by atoms with Gasteiger partial charge in [0.15, 0.2) is 0 Å². The van der Waals surface area contributed by atoms with Gasteiger partial charge in [-0.2, -0.15) is 0 Å². The Morgan fingerprint density at radius 3 is 0.875 bits per heavy atom. The SMILES string of the molecule is CCCCCCCC1(CCCCCCC)c2cc(C)ccc2-c2ccc(-c3ccc4c(c3)C(CCCCCCC)(CCCCCCC)c3cc(C)ccc3-4)cc21. The van der Waals surface area contributed by atoms with Crippen molar-refractivity contribution < 1.29 is 0 Å². The van der Waals surface area contributed by atoms with Gasteiger partial charge in [-0.25, -0.2) is 0 Å². The van der Waals surface area contributed by atoms with Crippen molar-refractivity contribution >= 4 is 0 Å². The lowest BCUT2D eigenvalue weighted by molar-refractivity contribution is 0.398. The number of hydrogen-bond acceptors (Lipinski definition) is 0. The van der Waals surface area contributed by atoms with E-state index in [-0.39, 0.29) is 10.8 Å². The molecule has 0 saturated heterocycles. The van der Waals surface area contributed by atoms with Gasteiger partial charge in [-0.05, 0) is 107 Å². The van der Waals surface area contributed by atoms with Crippen LogP contribution in [0.2, 0.25) is 0 Å². The van der Waals surface area contributed by atoms with E-state index >= 15 is 0 Å². The molecule has 0 aliphatic heterocycles. The summed E-state index contributed by atoms with van der Waals surface area (Å²) in [6, 6.07) is 30.2. The van der Waals surface area contributed by atoms with Crippen molar-refractivity contribution in [1.82, 2.24) is 0 Å². The highest BCUT2D eigenvalue weighted by atomic mass is 14.5. The third kappa shape index (κ3) is 9.27. The van der Waals surface area contributed by atoms with Gasteiger partial charge < -0.3 is 0 Å². The molecule has 6 rings (SSSR count). The molecule has 0 nitrogen and oxygen atoms in total. The number of fused-ring (bicyclic) bond motifs is 6. The lowest BCUT2D eigenvalue weighted by atomic mass is 9.69. The van der Waals surface area contributed by atoms with E-state index in [1.54, 1.807) is 22.3 Å². The molecule has 0 unspecified atom stereocenters. The van der Waals surface area contributed by atoms with Crippen molar-refractivity contribution in [2.75, 3.05) is 0 Å². The summed E-state index contributed by atoms with van der Waals surface area (Å²) >= 11 is 0. The second kappa shape index (κ2) is 20.5. The summed E-state index contributed by atoms with van der Waals surface area (Å²) in [5.41, 5.74) is 18.4. The molecule has 0 heteroatoms. The number of rotatable bonds is 25. The van der Waals surface area contributed by atoms with Gasteiger partial charge in [-0.1, -0.05) is 228 Å². The van der Waals surface area contributed by atoms with Gasteiger partial charge in [0.05, 0.1) is 0 Å². The van der Waals surface area contributed by atoms with Crippen LogP contribution in [0.15, 0.2) is 72.8 Å². The zero-order chi connectivity index (χ0) is 39.4. The van der Waals surface area contributed by atoms with Crippen LogP contribution in [0.1, 0.15) is 215 Å². The number of aryl methyl sites for hydroxylation is 2. The molecular formula is C56H78. The van der Waals surface area contributed by atoms with Crippen molar-refractivity contribution in [2.24, 2.45) is 0 Å². The van der Waals surface area contributed by atoms with Crippen LogP contribution in [0.3, 0.4) is 0 Å². The molecular weight excluding hydrogens is 673 g/mol. The van der Waals surface area contributed by atoms with Crippen molar-refractivity contribution in [3.05, 3.63) is 106 Å². The zero-order valence-corrected chi connectivity index (χ0v) is 36.9. The fourth-order valence-corrected chi connectivity index (χ4v) is 11.0. The maximum atomic E-state index is 2.69. The Balaban J connectivity index is 1.43. The minimum absolute atomic E-state index is 0.107. The van der Waals surface area contributed by atoms with Crippen LogP contribution in [0, 0.1) is 13.8 Å². The Kier molecular flexibility index (Phi) is 15.6. The largest absolute Gasteiger partial charge is 0.0654 e. The smallest absolute Gasteiger partial charge is 0.0215 e. The molecule has 0 fully saturated rings. The van der Waals surface area contributed by atoms with Crippen LogP contribution in [-0.2, 0) is 10.8 Å². The molecule has 0 atom stereocenters. The van der Waals surface area contributed by atoms with Crippen LogP contribution in [-0.4, -0.2) is 0 Å². The lowest BCUT2D eigenvalue weighted by Gasteiger charge is -2.34. The standard InChI is InChI=1S/C56H78/c1-7-11-15-19-23-35-55(36-24-20-16-12-8-2)51-39-43(5)27-31-47(51)49-33-29-45(41-53(49)55)46-30-34-50-48-32-28-44(6)40-52(48)56(54(50)42-46,37-25-21-17-13-9-3)38-26-22-18-14-10-4/h27-34,39-42H,7-26,35-38H2,1-6H3. The third-order valence-electron chi connectivity index (χ3n) is 14.2. The molecule has 2 aliphatic carbocycles. The van der Waals surface area contributed by atoms with Crippen molar-refractivity contribution in [3.8, 4) is 33.4 Å². The highest BCUT2D eigenvalue weighted by Gasteiger charge is 2.44. The molecule has 0 amide bonds. The van der Waals surface area contributed by atoms with E-state index in [4.69, 9.17) is 0 Å². The van der Waals surface area contributed by atoms with E-state index in [2.05, 4.69) is 114 Å². The first-order chi connectivity index (χ1) is 27.4. The summed E-state index contributed by atoms with van der Waals surface area (Å²) < 4.78 is 0. The summed E-state index contributed by atoms with van der Waals surface area (Å²) in [7, 11) is 0. The molecule has 0 saturated carbocycles. The summed E-state index contributed by atoms with van der Waals surface area (Å²) in [4.78, 5) is 0. The van der Waals surface area contributed by atoms with E-state index in [1.807, 2.05) is 0 Å². The Labute approximate surface area is 344 Å². The molecule has 0 radical (unpaired) electrons. The summed E-state index contributed by atoms with van der Waals surface area (Å²) in [5.74, 6) is 0. The predicted octanol–water partition coefficient (Wildman–Crippen LogP) is 17.9. The molecule has 0 N–H and O–H groups in total. The van der Waals surface area contributed by atoms with Gasteiger partial charge in [-0.15, -0.1) is 0 Å². The molecule has 0 spiro atoms. The Morgan fingerprint density at radius 2 is 0.571 bits per heavy atom. The Hall–Kier alpha value is -3.12. The van der Waals surface area contributed by atoms with Crippen LogP contribution in [0.5, 0.6) is 0 Å². The second-order valence-corrected chi connectivity index (χ2v) is 18.4. The van der Waals surface area contributed by atoms with Crippen LogP contribution >= 0.6 is 0 Å².